The number of likely N-dealkylation sites (N-methyl/N-ethyl adjacent to an activating group) is 1. The van der Waals surface area contributed by atoms with E-state index in [1.54, 1.807) is 0 Å². The molecule has 0 radical (unpaired) electrons. The lowest BCUT2D eigenvalue weighted by atomic mass is 10.1. The quantitative estimate of drug-likeness (QED) is 0.867. The minimum absolute atomic E-state index is 0.670. The number of aromatic nitrogens is 3. The highest BCUT2D eigenvalue weighted by Gasteiger charge is 2.20. The highest BCUT2D eigenvalue weighted by molar-refractivity contribution is 4.99. The van der Waals surface area contributed by atoms with Gasteiger partial charge in [-0.25, -0.2) is 0 Å². The van der Waals surface area contributed by atoms with Crippen molar-refractivity contribution < 1.29 is 0 Å². The molecule has 0 saturated carbocycles. The van der Waals surface area contributed by atoms with Crippen molar-refractivity contribution in [1.29, 1.82) is 0 Å². The van der Waals surface area contributed by atoms with E-state index in [1.165, 1.54) is 38.1 Å². The van der Waals surface area contributed by atoms with Crippen LogP contribution in [-0.2, 0) is 19.5 Å². The van der Waals surface area contributed by atoms with Crippen molar-refractivity contribution in [1.82, 2.24) is 25.0 Å². The van der Waals surface area contributed by atoms with Gasteiger partial charge in [0.1, 0.15) is 11.6 Å². The summed E-state index contributed by atoms with van der Waals surface area (Å²) in [6.07, 6.45) is 6.27. The van der Waals surface area contributed by atoms with Crippen LogP contribution in [0, 0.1) is 0 Å². The van der Waals surface area contributed by atoms with Crippen LogP contribution >= 0.6 is 0 Å². The van der Waals surface area contributed by atoms with Crippen LogP contribution in [0.15, 0.2) is 0 Å². The predicted molar refractivity (Wildman–Crippen MR) is 74.9 cm³/mol. The average Bonchev–Trinajstić information content (AvgIpc) is 3.08. The van der Waals surface area contributed by atoms with Crippen LogP contribution in [0.25, 0.3) is 0 Å². The third kappa shape index (κ3) is 2.98. The molecule has 1 N–H and O–H groups in total. The van der Waals surface area contributed by atoms with E-state index in [0.717, 1.165) is 38.4 Å². The molecule has 5 nitrogen and oxygen atoms in total. The van der Waals surface area contributed by atoms with Crippen LogP contribution in [0.5, 0.6) is 0 Å². The molecule has 106 valence electrons. The van der Waals surface area contributed by atoms with Gasteiger partial charge in [-0.2, -0.15) is 0 Å². The van der Waals surface area contributed by atoms with Gasteiger partial charge >= 0.3 is 0 Å². The Balaban J connectivity index is 1.63. The molecule has 1 aromatic heterocycles. The molecular formula is C14H25N5. The fourth-order valence-corrected chi connectivity index (χ4v) is 3.22. The second kappa shape index (κ2) is 6.01. The molecule has 2 aliphatic heterocycles. The molecule has 1 aromatic rings. The first-order chi connectivity index (χ1) is 9.36. The highest BCUT2D eigenvalue weighted by atomic mass is 15.3. The lowest BCUT2D eigenvalue weighted by Gasteiger charge is -2.24. The van der Waals surface area contributed by atoms with E-state index < -0.39 is 0 Å². The van der Waals surface area contributed by atoms with Crippen molar-refractivity contribution in [3.8, 4) is 0 Å². The van der Waals surface area contributed by atoms with E-state index in [0.29, 0.717) is 6.04 Å². The van der Waals surface area contributed by atoms with Crippen molar-refractivity contribution in [2.45, 2.75) is 58.2 Å². The molecule has 0 aromatic carbocycles. The fraction of sp³-hybridized carbons (Fsp3) is 0.857. The monoisotopic (exact) mass is 263 g/mol. The lowest BCUT2D eigenvalue weighted by Crippen LogP contribution is -2.37. The number of rotatable bonds is 5. The van der Waals surface area contributed by atoms with E-state index in [1.807, 2.05) is 0 Å². The topological polar surface area (TPSA) is 46.0 Å². The summed E-state index contributed by atoms with van der Waals surface area (Å²) in [5, 5.41) is 12.3. The van der Waals surface area contributed by atoms with Gasteiger partial charge < -0.3 is 9.88 Å². The van der Waals surface area contributed by atoms with Gasteiger partial charge in [0.05, 0.1) is 6.54 Å². The van der Waals surface area contributed by atoms with Crippen molar-refractivity contribution in [2.24, 2.45) is 0 Å². The third-order valence-corrected chi connectivity index (χ3v) is 4.39. The lowest BCUT2D eigenvalue weighted by molar-refractivity contribution is 0.243. The van der Waals surface area contributed by atoms with Gasteiger partial charge in [-0.1, -0.05) is 6.92 Å². The molecule has 2 aliphatic rings. The molecule has 0 aliphatic carbocycles. The zero-order chi connectivity index (χ0) is 13.1. The number of nitrogens with one attached hydrogen (secondary N) is 1. The van der Waals surface area contributed by atoms with Gasteiger partial charge in [-0.3, -0.25) is 4.90 Å². The van der Waals surface area contributed by atoms with Crippen LogP contribution < -0.4 is 5.32 Å². The Morgan fingerprint density at radius 2 is 2.26 bits per heavy atom. The summed E-state index contributed by atoms with van der Waals surface area (Å²) in [5.41, 5.74) is 0. The normalized spacial score (nSPS) is 22.9. The molecule has 0 amide bonds. The largest absolute Gasteiger partial charge is 0.314 e. The van der Waals surface area contributed by atoms with Gasteiger partial charge in [-0.15, -0.1) is 10.2 Å². The van der Waals surface area contributed by atoms with E-state index in [2.05, 4.69) is 31.9 Å². The maximum Gasteiger partial charge on any atom is 0.147 e. The average molecular weight is 263 g/mol. The van der Waals surface area contributed by atoms with Crippen LogP contribution in [0.4, 0.5) is 0 Å². The number of hydrogen-bond donors (Lipinski definition) is 1. The van der Waals surface area contributed by atoms with Crippen LogP contribution in [-0.4, -0.2) is 45.3 Å². The Bertz CT molecular complexity index is 408. The molecule has 0 spiro atoms. The van der Waals surface area contributed by atoms with Crippen molar-refractivity contribution in [3.05, 3.63) is 11.6 Å². The van der Waals surface area contributed by atoms with E-state index >= 15 is 0 Å². The van der Waals surface area contributed by atoms with Gasteiger partial charge in [0.25, 0.3) is 0 Å². The smallest absolute Gasteiger partial charge is 0.147 e. The zero-order valence-electron chi connectivity index (χ0n) is 11.9. The van der Waals surface area contributed by atoms with Gasteiger partial charge in [0, 0.05) is 25.6 Å². The second-order valence-electron chi connectivity index (χ2n) is 5.76. The van der Waals surface area contributed by atoms with Crippen LogP contribution in [0.1, 0.15) is 44.3 Å². The first kappa shape index (κ1) is 13.1. The highest BCUT2D eigenvalue weighted by Crippen LogP contribution is 2.16. The minimum atomic E-state index is 0.670. The molecule has 1 unspecified atom stereocenters. The molecule has 3 rings (SSSR count). The summed E-state index contributed by atoms with van der Waals surface area (Å²) in [6.45, 7) is 7.70. The fourth-order valence-electron chi connectivity index (χ4n) is 3.22. The second-order valence-corrected chi connectivity index (χ2v) is 5.76. The SMILES string of the molecule is CCN(Cc1nnc2n1CCCC2)CC1CCCN1. The minimum Gasteiger partial charge on any atom is -0.314 e. The molecule has 1 saturated heterocycles. The van der Waals surface area contributed by atoms with Gasteiger partial charge in [-0.05, 0) is 38.8 Å². The zero-order valence-corrected chi connectivity index (χ0v) is 11.9. The summed E-state index contributed by atoms with van der Waals surface area (Å²) in [6, 6.07) is 0.670. The summed E-state index contributed by atoms with van der Waals surface area (Å²) in [5.74, 6) is 2.35. The summed E-state index contributed by atoms with van der Waals surface area (Å²) >= 11 is 0. The Kier molecular flexibility index (Phi) is 4.13. The van der Waals surface area contributed by atoms with Crippen molar-refractivity contribution in [3.63, 3.8) is 0 Å². The first-order valence-corrected chi connectivity index (χ1v) is 7.73. The van der Waals surface area contributed by atoms with E-state index in [4.69, 9.17) is 0 Å². The van der Waals surface area contributed by atoms with E-state index in [9.17, 15) is 0 Å². The van der Waals surface area contributed by atoms with Gasteiger partial charge in [0.2, 0.25) is 0 Å². The Labute approximate surface area is 115 Å². The number of fused-ring (bicyclic) bond motifs is 1. The Hall–Kier alpha value is -0.940. The number of nitrogens with zero attached hydrogens (tertiary/aromatic N) is 4. The number of hydrogen-bond acceptors (Lipinski definition) is 4. The number of aryl methyl sites for hydroxylation is 1. The van der Waals surface area contributed by atoms with E-state index in [-0.39, 0.29) is 0 Å². The summed E-state index contributed by atoms with van der Waals surface area (Å²) in [7, 11) is 0. The van der Waals surface area contributed by atoms with Crippen LogP contribution in [0.3, 0.4) is 0 Å². The van der Waals surface area contributed by atoms with Crippen molar-refractivity contribution >= 4 is 0 Å². The molecule has 3 heterocycles. The third-order valence-electron chi connectivity index (χ3n) is 4.39. The molecule has 19 heavy (non-hydrogen) atoms. The first-order valence-electron chi connectivity index (χ1n) is 7.73. The van der Waals surface area contributed by atoms with Crippen LogP contribution in [0.2, 0.25) is 0 Å². The standard InChI is InChI=1S/C14H25N5/c1-2-18(10-12-6-5-8-15-12)11-14-17-16-13-7-3-4-9-19(13)14/h12,15H,2-11H2,1H3. The molecule has 1 atom stereocenters. The molecular weight excluding hydrogens is 238 g/mol. The summed E-state index contributed by atoms with van der Waals surface area (Å²) < 4.78 is 2.34. The predicted octanol–water partition coefficient (Wildman–Crippen LogP) is 1.19. The maximum atomic E-state index is 4.41. The van der Waals surface area contributed by atoms with Gasteiger partial charge in [0.15, 0.2) is 0 Å². The maximum absolute atomic E-state index is 4.41. The molecule has 5 heteroatoms. The van der Waals surface area contributed by atoms with Crippen molar-refractivity contribution in [2.75, 3.05) is 19.6 Å². The molecule has 0 bridgehead atoms. The Morgan fingerprint density at radius 1 is 1.32 bits per heavy atom. The summed E-state index contributed by atoms with van der Waals surface area (Å²) in [4.78, 5) is 2.49. The molecule has 1 fully saturated rings. The Morgan fingerprint density at radius 3 is 3.05 bits per heavy atom.